The zero-order valence-electron chi connectivity index (χ0n) is 6.22. The van der Waals surface area contributed by atoms with E-state index in [0.29, 0.717) is 6.61 Å². The quantitative estimate of drug-likeness (QED) is 0.708. The predicted octanol–water partition coefficient (Wildman–Crippen LogP) is 0.775. The molecule has 0 saturated carbocycles. The van der Waals surface area contributed by atoms with Crippen LogP contribution in [0.4, 0.5) is 0 Å². The van der Waals surface area contributed by atoms with Crippen LogP contribution >= 0.6 is 0 Å². The standard InChI is InChI=1S/C4H10O.C2H6O.Zr/c1-2-3-4-5;1-2-3;/h5H,2-4H2,1H3;3H,2H2,1H3;. The average molecular weight is 211 g/mol. The van der Waals surface area contributed by atoms with Gasteiger partial charge in [0.25, 0.3) is 0 Å². The minimum atomic E-state index is 0. The van der Waals surface area contributed by atoms with Gasteiger partial charge in [-0.2, -0.15) is 0 Å². The van der Waals surface area contributed by atoms with Crippen LogP contribution in [0.1, 0.15) is 26.7 Å². The maximum absolute atomic E-state index is 8.07. The van der Waals surface area contributed by atoms with Crippen LogP contribution in [0.25, 0.3) is 0 Å². The first-order valence-corrected chi connectivity index (χ1v) is 3.05. The zero-order chi connectivity index (χ0) is 6.83. The number of unbranched alkanes of at least 4 members (excludes halogenated alkanes) is 1. The summed E-state index contributed by atoms with van der Waals surface area (Å²) in [6.45, 7) is 4.33. The molecule has 0 aromatic heterocycles. The summed E-state index contributed by atoms with van der Waals surface area (Å²) in [7, 11) is 0. The Labute approximate surface area is 76.4 Å². The molecule has 0 aromatic carbocycles. The molecule has 0 aromatic rings. The third kappa shape index (κ3) is 51.9. The van der Waals surface area contributed by atoms with Crippen molar-refractivity contribution >= 4 is 0 Å². The van der Waals surface area contributed by atoms with Gasteiger partial charge in [0.2, 0.25) is 0 Å². The molecular weight excluding hydrogens is 195 g/mol. The van der Waals surface area contributed by atoms with E-state index >= 15 is 0 Å². The monoisotopic (exact) mass is 210 g/mol. The maximum Gasteiger partial charge on any atom is 0.0430 e. The summed E-state index contributed by atoms with van der Waals surface area (Å²) < 4.78 is 0. The topological polar surface area (TPSA) is 40.5 Å². The SMILES string of the molecule is CCCCO.CCO.[Zr]. The van der Waals surface area contributed by atoms with Crippen LogP contribution in [0.3, 0.4) is 0 Å². The molecule has 0 fully saturated rings. The smallest absolute Gasteiger partial charge is 0.0430 e. The van der Waals surface area contributed by atoms with Gasteiger partial charge in [-0.3, -0.25) is 0 Å². The second-order valence-electron chi connectivity index (χ2n) is 1.39. The van der Waals surface area contributed by atoms with Gasteiger partial charge >= 0.3 is 0 Å². The summed E-state index contributed by atoms with van der Waals surface area (Å²) in [6, 6.07) is 0. The van der Waals surface area contributed by atoms with Crippen LogP contribution in [0.5, 0.6) is 0 Å². The Balaban J connectivity index is -0.0000000800. The molecule has 0 aliphatic rings. The molecular formula is C6H16O2Zr. The van der Waals surface area contributed by atoms with Gasteiger partial charge in [-0.25, -0.2) is 0 Å². The molecule has 2 nitrogen and oxygen atoms in total. The molecule has 0 bridgehead atoms. The van der Waals surface area contributed by atoms with E-state index in [1.807, 2.05) is 0 Å². The fourth-order valence-electron chi connectivity index (χ4n) is 0.158. The van der Waals surface area contributed by atoms with Crippen molar-refractivity contribution in [1.29, 1.82) is 0 Å². The van der Waals surface area contributed by atoms with Gasteiger partial charge in [-0.15, -0.1) is 0 Å². The summed E-state index contributed by atoms with van der Waals surface area (Å²) in [5.41, 5.74) is 0. The Bertz CT molecular complexity index is 25.0. The minimum absolute atomic E-state index is 0. The van der Waals surface area contributed by atoms with Gasteiger partial charge in [-0.05, 0) is 13.3 Å². The first-order valence-electron chi connectivity index (χ1n) is 3.05. The predicted molar refractivity (Wildman–Crippen MR) is 34.8 cm³/mol. The van der Waals surface area contributed by atoms with Gasteiger partial charge in [0.15, 0.2) is 0 Å². The zero-order valence-corrected chi connectivity index (χ0v) is 8.68. The van der Waals surface area contributed by atoms with Gasteiger partial charge < -0.3 is 10.2 Å². The van der Waals surface area contributed by atoms with Crippen molar-refractivity contribution < 1.29 is 36.4 Å². The number of aliphatic hydroxyl groups is 2. The van der Waals surface area contributed by atoms with Crippen molar-refractivity contribution in [2.45, 2.75) is 26.7 Å². The van der Waals surface area contributed by atoms with Crippen molar-refractivity contribution in [3.8, 4) is 0 Å². The van der Waals surface area contributed by atoms with Crippen LogP contribution in [0.15, 0.2) is 0 Å². The maximum atomic E-state index is 8.07. The number of aliphatic hydroxyl groups excluding tert-OH is 2. The third-order valence-corrected chi connectivity index (χ3v) is 0.512. The van der Waals surface area contributed by atoms with Crippen molar-refractivity contribution in [2.24, 2.45) is 0 Å². The van der Waals surface area contributed by atoms with E-state index in [2.05, 4.69) is 6.92 Å². The van der Waals surface area contributed by atoms with Crippen molar-refractivity contribution in [1.82, 2.24) is 0 Å². The molecule has 0 atom stereocenters. The van der Waals surface area contributed by atoms with Crippen molar-refractivity contribution in [2.75, 3.05) is 13.2 Å². The number of rotatable bonds is 2. The second kappa shape index (κ2) is 23.2. The Morgan fingerprint density at radius 2 is 1.44 bits per heavy atom. The molecule has 0 unspecified atom stereocenters. The van der Waals surface area contributed by atoms with Crippen LogP contribution in [-0.4, -0.2) is 23.4 Å². The molecule has 0 aliphatic heterocycles. The van der Waals surface area contributed by atoms with Gasteiger partial charge in [0, 0.05) is 39.4 Å². The molecule has 9 heavy (non-hydrogen) atoms. The van der Waals surface area contributed by atoms with Crippen molar-refractivity contribution in [3.63, 3.8) is 0 Å². The van der Waals surface area contributed by atoms with Gasteiger partial charge in [0.1, 0.15) is 0 Å². The van der Waals surface area contributed by atoms with E-state index in [0.717, 1.165) is 12.8 Å². The molecule has 0 aliphatic carbocycles. The van der Waals surface area contributed by atoms with Gasteiger partial charge in [0.05, 0.1) is 0 Å². The summed E-state index contributed by atoms with van der Waals surface area (Å²) in [5, 5.41) is 15.6. The Kier molecular flexibility index (Phi) is 42.4. The normalized spacial score (nSPS) is 6.67. The molecule has 3 heteroatoms. The van der Waals surface area contributed by atoms with Crippen LogP contribution in [0, 0.1) is 0 Å². The largest absolute Gasteiger partial charge is 0.397 e. The first-order chi connectivity index (χ1) is 3.83. The van der Waals surface area contributed by atoms with Crippen LogP contribution in [0.2, 0.25) is 0 Å². The Hall–Kier alpha value is 0.803. The fourth-order valence-corrected chi connectivity index (χ4v) is 0.158. The van der Waals surface area contributed by atoms with Crippen molar-refractivity contribution in [3.05, 3.63) is 0 Å². The molecule has 2 N–H and O–H groups in total. The van der Waals surface area contributed by atoms with Crippen LogP contribution in [-0.2, 0) is 26.2 Å². The summed E-state index contributed by atoms with van der Waals surface area (Å²) in [4.78, 5) is 0. The first kappa shape index (κ1) is 16.4. The van der Waals surface area contributed by atoms with E-state index in [-0.39, 0.29) is 32.8 Å². The second-order valence-corrected chi connectivity index (χ2v) is 1.39. The molecule has 0 amide bonds. The van der Waals surface area contributed by atoms with Gasteiger partial charge in [-0.1, -0.05) is 13.3 Å². The molecule has 56 valence electrons. The Morgan fingerprint density at radius 3 is 1.44 bits per heavy atom. The minimum Gasteiger partial charge on any atom is -0.397 e. The molecule has 0 rings (SSSR count). The van der Waals surface area contributed by atoms with E-state index in [1.54, 1.807) is 6.92 Å². The van der Waals surface area contributed by atoms with Crippen LogP contribution < -0.4 is 0 Å². The number of hydrogen-bond donors (Lipinski definition) is 2. The average Bonchev–Trinajstić information content (AvgIpc) is 1.71. The Morgan fingerprint density at radius 1 is 1.11 bits per heavy atom. The third-order valence-electron chi connectivity index (χ3n) is 0.512. The fraction of sp³-hybridized carbons (Fsp3) is 1.00. The summed E-state index contributed by atoms with van der Waals surface area (Å²) in [6.07, 6.45) is 2.04. The van der Waals surface area contributed by atoms with E-state index < -0.39 is 0 Å². The molecule has 0 radical (unpaired) electrons. The van der Waals surface area contributed by atoms with E-state index in [4.69, 9.17) is 10.2 Å². The summed E-state index contributed by atoms with van der Waals surface area (Å²) >= 11 is 0. The number of hydrogen-bond acceptors (Lipinski definition) is 2. The molecule has 0 saturated heterocycles. The summed E-state index contributed by atoms with van der Waals surface area (Å²) in [5.74, 6) is 0. The van der Waals surface area contributed by atoms with E-state index in [1.165, 1.54) is 0 Å². The molecule has 0 heterocycles. The molecule has 0 spiro atoms. The van der Waals surface area contributed by atoms with E-state index in [9.17, 15) is 0 Å².